The van der Waals surface area contributed by atoms with Gasteiger partial charge in [0, 0.05) is 33.3 Å². The zero-order valence-electron chi connectivity index (χ0n) is 11.7. The van der Waals surface area contributed by atoms with Gasteiger partial charge in [-0.15, -0.1) is 0 Å². The lowest BCUT2D eigenvalue weighted by Gasteiger charge is -2.18. The molecule has 1 aromatic heterocycles. The molecule has 0 bridgehead atoms. The zero-order valence-corrected chi connectivity index (χ0v) is 11.7. The number of aromatic nitrogens is 2. The fourth-order valence-electron chi connectivity index (χ4n) is 1.50. The van der Waals surface area contributed by atoms with Crippen molar-refractivity contribution >= 4 is 11.6 Å². The molecule has 6 heteroatoms. The van der Waals surface area contributed by atoms with Gasteiger partial charge in [-0.2, -0.15) is 9.97 Å². The number of nitrogens with one attached hydrogen (secondary N) is 2. The number of anilines is 2. The van der Waals surface area contributed by atoms with Gasteiger partial charge in [-0.25, -0.2) is 0 Å². The van der Waals surface area contributed by atoms with Gasteiger partial charge in [-0.3, -0.25) is 0 Å². The second kappa shape index (κ2) is 7.71. The number of hydrogen-bond donors (Lipinski definition) is 2. The zero-order chi connectivity index (χ0) is 13.4. The molecule has 0 amide bonds. The van der Waals surface area contributed by atoms with Crippen molar-refractivity contribution in [2.75, 3.05) is 51.1 Å². The van der Waals surface area contributed by atoms with E-state index < -0.39 is 0 Å². The van der Waals surface area contributed by atoms with Gasteiger partial charge in [0.1, 0.15) is 18.2 Å². The minimum atomic E-state index is 0.412. The third kappa shape index (κ3) is 4.37. The van der Waals surface area contributed by atoms with E-state index in [0.29, 0.717) is 12.6 Å². The molecule has 0 saturated heterocycles. The second-order valence-electron chi connectivity index (χ2n) is 4.02. The molecule has 0 aliphatic heterocycles. The Labute approximate surface area is 109 Å². The van der Waals surface area contributed by atoms with Gasteiger partial charge < -0.3 is 20.3 Å². The first-order valence-corrected chi connectivity index (χ1v) is 6.26. The normalized spacial score (nSPS) is 10.2. The molecule has 2 N–H and O–H groups in total. The average molecular weight is 253 g/mol. The van der Waals surface area contributed by atoms with Crippen LogP contribution in [0.5, 0.6) is 6.01 Å². The molecule has 0 fully saturated rings. The predicted molar refractivity (Wildman–Crippen MR) is 74.6 cm³/mol. The molecular formula is C12H23N5O. The number of likely N-dealkylation sites (N-methyl/N-ethyl adjacent to an activating group) is 1. The van der Waals surface area contributed by atoms with E-state index in [4.69, 9.17) is 4.74 Å². The Morgan fingerprint density at radius 2 is 2.11 bits per heavy atom. The lowest BCUT2D eigenvalue weighted by Crippen LogP contribution is -2.21. The lowest BCUT2D eigenvalue weighted by molar-refractivity contribution is 0.294. The number of nitrogens with zero attached hydrogens (tertiary/aromatic N) is 3. The van der Waals surface area contributed by atoms with E-state index >= 15 is 0 Å². The van der Waals surface area contributed by atoms with Gasteiger partial charge in [-0.1, -0.05) is 6.92 Å². The Morgan fingerprint density at radius 3 is 2.72 bits per heavy atom. The fourth-order valence-corrected chi connectivity index (χ4v) is 1.50. The molecule has 0 radical (unpaired) electrons. The van der Waals surface area contributed by atoms with Gasteiger partial charge >= 0.3 is 6.01 Å². The minimum absolute atomic E-state index is 0.412. The molecule has 18 heavy (non-hydrogen) atoms. The summed E-state index contributed by atoms with van der Waals surface area (Å²) in [6, 6.07) is 2.33. The van der Waals surface area contributed by atoms with Gasteiger partial charge in [0.15, 0.2) is 0 Å². The SMILES string of the molecule is CCCN(C)c1cc(NC)nc(OCCNC)n1. The largest absolute Gasteiger partial charge is 0.462 e. The molecule has 0 saturated carbocycles. The van der Waals surface area contributed by atoms with Gasteiger partial charge in [0.05, 0.1) is 0 Å². The molecule has 0 aliphatic rings. The molecular weight excluding hydrogens is 230 g/mol. The third-order valence-corrected chi connectivity index (χ3v) is 2.48. The van der Waals surface area contributed by atoms with Crippen molar-refractivity contribution in [2.24, 2.45) is 0 Å². The maximum atomic E-state index is 5.51. The maximum Gasteiger partial charge on any atom is 0.320 e. The quantitative estimate of drug-likeness (QED) is 0.673. The molecule has 1 aromatic rings. The van der Waals surface area contributed by atoms with Crippen LogP contribution in [-0.2, 0) is 0 Å². The highest BCUT2D eigenvalue weighted by atomic mass is 16.5. The van der Waals surface area contributed by atoms with E-state index in [1.165, 1.54) is 0 Å². The van der Waals surface area contributed by atoms with Crippen LogP contribution in [0.4, 0.5) is 11.6 Å². The lowest BCUT2D eigenvalue weighted by atomic mass is 10.4. The van der Waals surface area contributed by atoms with E-state index in [1.54, 1.807) is 0 Å². The molecule has 1 heterocycles. The summed E-state index contributed by atoms with van der Waals surface area (Å²) >= 11 is 0. The summed E-state index contributed by atoms with van der Waals surface area (Å²) in [5, 5.41) is 6.04. The topological polar surface area (TPSA) is 62.3 Å². The molecule has 0 aliphatic carbocycles. The van der Waals surface area contributed by atoms with Gasteiger partial charge in [0.25, 0.3) is 0 Å². The van der Waals surface area contributed by atoms with Gasteiger partial charge in [-0.05, 0) is 13.5 Å². The Balaban J connectivity index is 2.80. The number of hydrogen-bond acceptors (Lipinski definition) is 6. The first-order chi connectivity index (χ1) is 8.71. The fraction of sp³-hybridized carbons (Fsp3) is 0.667. The first kappa shape index (κ1) is 14.5. The van der Waals surface area contributed by atoms with E-state index in [9.17, 15) is 0 Å². The van der Waals surface area contributed by atoms with Crippen molar-refractivity contribution in [1.82, 2.24) is 15.3 Å². The van der Waals surface area contributed by atoms with Crippen molar-refractivity contribution in [3.63, 3.8) is 0 Å². The summed E-state index contributed by atoms with van der Waals surface area (Å²) in [6.45, 7) is 4.42. The van der Waals surface area contributed by atoms with Crippen molar-refractivity contribution in [3.05, 3.63) is 6.07 Å². The summed E-state index contributed by atoms with van der Waals surface area (Å²) in [4.78, 5) is 10.8. The maximum absolute atomic E-state index is 5.51. The van der Waals surface area contributed by atoms with Crippen molar-refractivity contribution < 1.29 is 4.74 Å². The van der Waals surface area contributed by atoms with Crippen molar-refractivity contribution in [2.45, 2.75) is 13.3 Å². The minimum Gasteiger partial charge on any atom is -0.462 e. The van der Waals surface area contributed by atoms with Crippen LogP contribution in [0.2, 0.25) is 0 Å². The summed E-state index contributed by atoms with van der Waals surface area (Å²) < 4.78 is 5.51. The molecule has 102 valence electrons. The number of rotatable bonds is 8. The van der Waals surface area contributed by atoms with Crippen LogP contribution in [0.15, 0.2) is 6.07 Å². The van der Waals surface area contributed by atoms with Crippen LogP contribution in [0.25, 0.3) is 0 Å². The summed E-state index contributed by atoms with van der Waals surface area (Å²) in [7, 11) is 5.74. The van der Waals surface area contributed by atoms with Crippen LogP contribution < -0.4 is 20.3 Å². The summed E-state index contributed by atoms with van der Waals surface area (Å²) in [5.41, 5.74) is 0. The van der Waals surface area contributed by atoms with E-state index in [-0.39, 0.29) is 0 Å². The first-order valence-electron chi connectivity index (χ1n) is 6.26. The van der Waals surface area contributed by atoms with Crippen LogP contribution in [0.3, 0.4) is 0 Å². The smallest absolute Gasteiger partial charge is 0.320 e. The average Bonchev–Trinajstić information content (AvgIpc) is 2.39. The molecule has 0 spiro atoms. The standard InChI is InChI=1S/C12H23N5O/c1-5-7-17(4)11-9-10(14-3)15-12(16-11)18-8-6-13-2/h9,13H,5-8H2,1-4H3,(H,14,15,16). The Kier molecular flexibility index (Phi) is 6.21. The summed E-state index contributed by atoms with van der Waals surface area (Å²) in [5.74, 6) is 1.64. The molecule has 0 unspecified atom stereocenters. The molecule has 0 atom stereocenters. The Bertz CT molecular complexity index is 358. The molecule has 1 rings (SSSR count). The van der Waals surface area contributed by atoms with Crippen LogP contribution in [0.1, 0.15) is 13.3 Å². The summed E-state index contributed by atoms with van der Waals surface area (Å²) in [6.07, 6.45) is 1.07. The van der Waals surface area contributed by atoms with Gasteiger partial charge in [0.2, 0.25) is 0 Å². The highest BCUT2D eigenvalue weighted by Gasteiger charge is 2.08. The van der Waals surface area contributed by atoms with Crippen LogP contribution >= 0.6 is 0 Å². The highest BCUT2D eigenvalue weighted by molar-refractivity contribution is 5.49. The van der Waals surface area contributed by atoms with Crippen molar-refractivity contribution in [1.29, 1.82) is 0 Å². The van der Waals surface area contributed by atoms with E-state index in [2.05, 4.69) is 32.4 Å². The van der Waals surface area contributed by atoms with E-state index in [0.717, 1.165) is 31.1 Å². The Morgan fingerprint density at radius 1 is 1.33 bits per heavy atom. The molecule has 0 aromatic carbocycles. The van der Waals surface area contributed by atoms with Crippen molar-refractivity contribution in [3.8, 4) is 6.01 Å². The predicted octanol–water partition coefficient (Wildman–Crippen LogP) is 0.963. The highest BCUT2D eigenvalue weighted by Crippen LogP contribution is 2.18. The second-order valence-corrected chi connectivity index (χ2v) is 4.02. The number of ether oxygens (including phenoxy) is 1. The van der Waals surface area contributed by atoms with E-state index in [1.807, 2.05) is 27.2 Å². The third-order valence-electron chi connectivity index (χ3n) is 2.48. The monoisotopic (exact) mass is 253 g/mol. The molecule has 6 nitrogen and oxygen atoms in total. The van der Waals surface area contributed by atoms with Crippen LogP contribution in [-0.4, -0.2) is 50.8 Å². The van der Waals surface area contributed by atoms with Crippen LogP contribution in [0, 0.1) is 0 Å². The Hall–Kier alpha value is -1.56.